The van der Waals surface area contributed by atoms with Gasteiger partial charge in [-0.15, -0.1) is 0 Å². The van der Waals surface area contributed by atoms with Crippen LogP contribution in [0.4, 0.5) is 0 Å². The van der Waals surface area contributed by atoms with E-state index in [0.717, 1.165) is 5.56 Å². The maximum Gasteiger partial charge on any atom is 0.261 e. The average molecular weight is 447 g/mol. The van der Waals surface area contributed by atoms with Gasteiger partial charge in [-0.05, 0) is 57.0 Å². The molecule has 0 heterocycles. The zero-order chi connectivity index (χ0) is 23.0. The molecule has 0 bridgehead atoms. The zero-order valence-corrected chi connectivity index (χ0v) is 19.5. The summed E-state index contributed by atoms with van der Waals surface area (Å²) in [5.74, 6) is 0.595. The number of nitrogens with one attached hydrogen (secondary N) is 1. The number of carbonyl (C=O) groups is 2. The lowest BCUT2D eigenvalue weighted by atomic mass is 10.1. The lowest BCUT2D eigenvalue weighted by Gasteiger charge is -2.33. The van der Waals surface area contributed by atoms with Crippen LogP contribution in [0.15, 0.2) is 48.5 Å². The Bertz CT molecular complexity index is 895. The summed E-state index contributed by atoms with van der Waals surface area (Å²) in [5, 5.41) is 3.40. The van der Waals surface area contributed by atoms with E-state index in [2.05, 4.69) is 5.32 Å². The van der Waals surface area contributed by atoms with Gasteiger partial charge >= 0.3 is 0 Å². The first-order chi connectivity index (χ1) is 14.6. The van der Waals surface area contributed by atoms with Crippen molar-refractivity contribution in [1.82, 2.24) is 10.2 Å². The third kappa shape index (κ3) is 7.47. The Morgan fingerprint density at radius 1 is 1.13 bits per heavy atom. The molecule has 2 rings (SSSR count). The Balaban J connectivity index is 2.27. The molecule has 168 valence electrons. The first-order valence-corrected chi connectivity index (χ1v) is 10.6. The number of carbonyl (C=O) groups excluding carboxylic acids is 2. The van der Waals surface area contributed by atoms with Crippen molar-refractivity contribution in [3.05, 3.63) is 59.1 Å². The quantitative estimate of drug-likeness (QED) is 0.617. The van der Waals surface area contributed by atoms with E-state index in [1.54, 1.807) is 36.3 Å². The topological polar surface area (TPSA) is 67.9 Å². The number of methoxy groups -OCH3 is 1. The molecule has 0 radical (unpaired) electrons. The van der Waals surface area contributed by atoms with Gasteiger partial charge in [0.25, 0.3) is 5.91 Å². The molecule has 1 N–H and O–H groups in total. The second-order valence-corrected chi connectivity index (χ2v) is 8.66. The van der Waals surface area contributed by atoms with Gasteiger partial charge in [0.15, 0.2) is 6.61 Å². The van der Waals surface area contributed by atoms with E-state index >= 15 is 0 Å². The third-order valence-electron chi connectivity index (χ3n) is 4.56. The number of rotatable bonds is 9. The smallest absolute Gasteiger partial charge is 0.261 e. The summed E-state index contributed by atoms with van der Waals surface area (Å²) in [6, 6.07) is 13.8. The first-order valence-electron chi connectivity index (χ1n) is 10.3. The molecule has 0 spiro atoms. The molecule has 6 nitrogen and oxygen atoms in total. The van der Waals surface area contributed by atoms with E-state index in [1.165, 1.54) is 0 Å². The normalized spacial score (nSPS) is 12.1. The minimum atomic E-state index is -0.646. The first kappa shape index (κ1) is 24.5. The minimum absolute atomic E-state index is 0.205. The summed E-state index contributed by atoms with van der Waals surface area (Å²) in [6.07, 6.45) is 0.462. The fourth-order valence-electron chi connectivity index (χ4n) is 3.12. The Morgan fingerprint density at radius 2 is 1.84 bits per heavy atom. The van der Waals surface area contributed by atoms with Crippen LogP contribution in [0.25, 0.3) is 0 Å². The monoisotopic (exact) mass is 446 g/mol. The molecule has 0 aliphatic heterocycles. The van der Waals surface area contributed by atoms with Crippen LogP contribution >= 0.6 is 11.6 Å². The maximum absolute atomic E-state index is 13.2. The molecule has 1 atom stereocenters. The number of benzene rings is 2. The average Bonchev–Trinajstić information content (AvgIpc) is 2.71. The predicted octanol–water partition coefficient (Wildman–Crippen LogP) is 4.45. The van der Waals surface area contributed by atoms with E-state index in [4.69, 9.17) is 21.1 Å². The molecular weight excluding hydrogens is 416 g/mol. The SMILES string of the molecule is CC[C@H](C(=O)NC(C)(C)C)N(Cc1cccc(OC)c1)C(=O)COc1ccccc1Cl. The molecule has 0 aliphatic rings. The zero-order valence-electron chi connectivity index (χ0n) is 18.8. The summed E-state index contributed by atoms with van der Waals surface area (Å²) in [4.78, 5) is 27.7. The Morgan fingerprint density at radius 3 is 2.45 bits per heavy atom. The molecule has 7 heteroatoms. The summed E-state index contributed by atoms with van der Waals surface area (Å²) in [6.45, 7) is 7.63. The lowest BCUT2D eigenvalue weighted by Crippen LogP contribution is -2.54. The van der Waals surface area contributed by atoms with Crippen molar-refractivity contribution in [2.45, 2.75) is 52.2 Å². The molecule has 31 heavy (non-hydrogen) atoms. The van der Waals surface area contributed by atoms with Gasteiger partial charge in [-0.25, -0.2) is 0 Å². The van der Waals surface area contributed by atoms with Crippen molar-refractivity contribution in [2.75, 3.05) is 13.7 Å². The lowest BCUT2D eigenvalue weighted by molar-refractivity contribution is -0.143. The molecule has 2 amide bonds. The van der Waals surface area contributed by atoms with Gasteiger partial charge in [0.1, 0.15) is 17.5 Å². The number of para-hydroxylation sites is 1. The van der Waals surface area contributed by atoms with Crippen LogP contribution in [0.2, 0.25) is 5.02 Å². The van der Waals surface area contributed by atoms with Gasteiger partial charge < -0.3 is 19.7 Å². The second kappa shape index (κ2) is 11.0. The van der Waals surface area contributed by atoms with E-state index in [9.17, 15) is 9.59 Å². The van der Waals surface area contributed by atoms with Crippen LogP contribution in [0.5, 0.6) is 11.5 Å². The largest absolute Gasteiger partial charge is 0.497 e. The van der Waals surface area contributed by atoms with Crippen molar-refractivity contribution in [1.29, 1.82) is 0 Å². The van der Waals surface area contributed by atoms with E-state index in [1.807, 2.05) is 52.0 Å². The van der Waals surface area contributed by atoms with Crippen LogP contribution in [-0.2, 0) is 16.1 Å². The highest BCUT2D eigenvalue weighted by Crippen LogP contribution is 2.24. The van der Waals surface area contributed by atoms with Gasteiger partial charge in [0.2, 0.25) is 5.91 Å². The molecule has 2 aromatic carbocycles. The highest BCUT2D eigenvalue weighted by atomic mass is 35.5. The van der Waals surface area contributed by atoms with Crippen molar-refractivity contribution in [3.63, 3.8) is 0 Å². The highest BCUT2D eigenvalue weighted by molar-refractivity contribution is 6.32. The summed E-state index contributed by atoms with van der Waals surface area (Å²) in [5.41, 5.74) is 0.441. The van der Waals surface area contributed by atoms with Gasteiger partial charge in [-0.1, -0.05) is 42.8 Å². The Labute approximate surface area is 189 Å². The number of hydrogen-bond donors (Lipinski definition) is 1. The van der Waals surface area contributed by atoms with Crippen molar-refractivity contribution in [3.8, 4) is 11.5 Å². The van der Waals surface area contributed by atoms with Gasteiger partial charge in [-0.3, -0.25) is 9.59 Å². The van der Waals surface area contributed by atoms with Crippen molar-refractivity contribution < 1.29 is 19.1 Å². The molecule has 0 aromatic heterocycles. The van der Waals surface area contributed by atoms with Crippen molar-refractivity contribution >= 4 is 23.4 Å². The predicted molar refractivity (Wildman–Crippen MR) is 122 cm³/mol. The fourth-order valence-corrected chi connectivity index (χ4v) is 3.31. The van der Waals surface area contributed by atoms with E-state index < -0.39 is 11.6 Å². The number of ether oxygens (including phenoxy) is 2. The molecular formula is C24H31ClN2O4. The molecule has 2 aromatic rings. The van der Waals surface area contributed by atoms with Gasteiger partial charge in [-0.2, -0.15) is 0 Å². The van der Waals surface area contributed by atoms with Crippen LogP contribution in [0.1, 0.15) is 39.7 Å². The van der Waals surface area contributed by atoms with E-state index in [-0.39, 0.29) is 25.0 Å². The number of nitrogens with zero attached hydrogens (tertiary/aromatic N) is 1. The van der Waals surface area contributed by atoms with Crippen LogP contribution in [0, 0.1) is 0 Å². The van der Waals surface area contributed by atoms with Gasteiger partial charge in [0, 0.05) is 12.1 Å². The van der Waals surface area contributed by atoms with E-state index in [0.29, 0.717) is 22.9 Å². The van der Waals surface area contributed by atoms with Crippen LogP contribution in [-0.4, -0.2) is 42.0 Å². The molecule has 0 saturated carbocycles. The third-order valence-corrected chi connectivity index (χ3v) is 4.87. The minimum Gasteiger partial charge on any atom is -0.497 e. The number of halogens is 1. The fraction of sp³-hybridized carbons (Fsp3) is 0.417. The molecule has 0 aliphatic carbocycles. The highest BCUT2D eigenvalue weighted by Gasteiger charge is 2.31. The molecule has 0 saturated heterocycles. The van der Waals surface area contributed by atoms with Crippen molar-refractivity contribution in [2.24, 2.45) is 0 Å². The Hall–Kier alpha value is -2.73. The molecule has 0 fully saturated rings. The van der Waals surface area contributed by atoms with Gasteiger partial charge in [0.05, 0.1) is 12.1 Å². The maximum atomic E-state index is 13.2. The summed E-state index contributed by atoms with van der Waals surface area (Å²) < 4.78 is 11.0. The standard InChI is InChI=1S/C24H31ClN2O4/c1-6-20(23(29)26-24(2,3)4)27(15-17-10-9-11-18(14-17)30-5)22(28)16-31-21-13-8-7-12-19(21)25/h7-14,20H,6,15-16H2,1-5H3,(H,26,29)/t20-/m1/s1. The summed E-state index contributed by atoms with van der Waals surface area (Å²) >= 11 is 6.14. The van der Waals surface area contributed by atoms with Crippen LogP contribution < -0.4 is 14.8 Å². The number of hydrogen-bond acceptors (Lipinski definition) is 4. The number of amides is 2. The Kier molecular flexibility index (Phi) is 8.75. The second-order valence-electron chi connectivity index (χ2n) is 8.26. The van der Waals surface area contributed by atoms with Crippen LogP contribution in [0.3, 0.4) is 0 Å². The molecule has 0 unspecified atom stereocenters. The summed E-state index contributed by atoms with van der Waals surface area (Å²) in [7, 11) is 1.59.